The Labute approximate surface area is 136 Å². The fraction of sp³-hybridized carbons (Fsp3) is 0.400. The third-order valence-corrected chi connectivity index (χ3v) is 4.87. The molecular formula is C20H23F2N. The highest BCUT2D eigenvalue weighted by Crippen LogP contribution is 2.44. The van der Waals surface area contributed by atoms with Crippen molar-refractivity contribution < 1.29 is 8.78 Å². The number of likely N-dealkylation sites (tertiary alicyclic amines) is 1. The van der Waals surface area contributed by atoms with Gasteiger partial charge >= 0.3 is 0 Å². The lowest BCUT2D eigenvalue weighted by atomic mass is 9.83. The number of hydrogen-bond acceptors (Lipinski definition) is 1. The first-order chi connectivity index (χ1) is 11.1. The molecule has 1 aliphatic heterocycles. The van der Waals surface area contributed by atoms with Crippen LogP contribution in [-0.4, -0.2) is 17.4 Å². The number of nitrogens with zero attached hydrogens (tertiary/aromatic N) is 1. The van der Waals surface area contributed by atoms with E-state index in [0.717, 1.165) is 11.1 Å². The molecule has 2 aromatic carbocycles. The van der Waals surface area contributed by atoms with Crippen LogP contribution >= 0.6 is 0 Å². The maximum Gasteiger partial charge on any atom is 0.263 e. The van der Waals surface area contributed by atoms with Crippen molar-refractivity contribution in [1.29, 1.82) is 0 Å². The van der Waals surface area contributed by atoms with Crippen LogP contribution in [0.2, 0.25) is 0 Å². The van der Waals surface area contributed by atoms with Gasteiger partial charge in [0.2, 0.25) is 0 Å². The van der Waals surface area contributed by atoms with Crippen LogP contribution in [0.1, 0.15) is 36.9 Å². The van der Waals surface area contributed by atoms with Crippen molar-refractivity contribution in [2.45, 2.75) is 38.3 Å². The molecule has 1 heterocycles. The molecule has 3 heteroatoms. The molecule has 0 bridgehead atoms. The summed E-state index contributed by atoms with van der Waals surface area (Å²) in [4.78, 5) is 1.94. The molecule has 1 nitrogen and oxygen atoms in total. The Morgan fingerprint density at radius 1 is 1.00 bits per heavy atom. The van der Waals surface area contributed by atoms with Gasteiger partial charge < -0.3 is 0 Å². The molecule has 1 saturated heterocycles. The minimum atomic E-state index is -2.62. The summed E-state index contributed by atoms with van der Waals surface area (Å²) in [6.45, 7) is 2.26. The zero-order valence-corrected chi connectivity index (χ0v) is 13.5. The van der Waals surface area contributed by atoms with Crippen molar-refractivity contribution >= 4 is 0 Å². The van der Waals surface area contributed by atoms with Crippen molar-refractivity contribution in [2.75, 3.05) is 6.54 Å². The second-order valence-electron chi connectivity index (χ2n) is 6.42. The van der Waals surface area contributed by atoms with E-state index in [4.69, 9.17) is 0 Å². The van der Waals surface area contributed by atoms with E-state index in [1.165, 1.54) is 0 Å². The second-order valence-corrected chi connectivity index (χ2v) is 6.42. The van der Waals surface area contributed by atoms with E-state index in [9.17, 15) is 8.78 Å². The Bertz CT molecular complexity index is 612. The van der Waals surface area contributed by atoms with Gasteiger partial charge in [-0.05, 0) is 24.0 Å². The summed E-state index contributed by atoms with van der Waals surface area (Å²) in [6.07, 6.45) is 1.04. The summed E-state index contributed by atoms with van der Waals surface area (Å²) in [5.74, 6) is -3.16. The standard InChI is InChI=1S/C20H23F2N/c1-2-18-13-19(17-11-7-4-8-12-17)23(15-20(18,21)22)14-16-9-5-3-6-10-16/h3-12,18-19H,2,13-15H2,1H3. The first-order valence-corrected chi connectivity index (χ1v) is 8.31. The van der Waals surface area contributed by atoms with E-state index in [1.807, 2.05) is 60.4 Å². The molecule has 0 aliphatic carbocycles. The van der Waals surface area contributed by atoms with Crippen molar-refractivity contribution in [1.82, 2.24) is 4.90 Å². The number of alkyl halides is 2. The first-order valence-electron chi connectivity index (χ1n) is 8.31. The van der Waals surface area contributed by atoms with E-state index in [2.05, 4.69) is 12.1 Å². The fourth-order valence-corrected chi connectivity index (χ4v) is 3.57. The molecule has 0 amide bonds. The highest BCUT2D eigenvalue weighted by atomic mass is 19.3. The third kappa shape index (κ3) is 3.61. The molecule has 0 radical (unpaired) electrons. The maximum atomic E-state index is 14.5. The van der Waals surface area contributed by atoms with E-state index < -0.39 is 11.8 Å². The van der Waals surface area contributed by atoms with Gasteiger partial charge in [0.1, 0.15) is 0 Å². The molecule has 3 rings (SSSR count). The van der Waals surface area contributed by atoms with Gasteiger partial charge in [0.05, 0.1) is 6.54 Å². The molecule has 0 spiro atoms. The zero-order chi connectivity index (χ0) is 16.3. The van der Waals surface area contributed by atoms with Crippen molar-refractivity contribution in [3.05, 3.63) is 71.8 Å². The molecule has 0 saturated carbocycles. The van der Waals surface area contributed by atoms with Crippen molar-refractivity contribution in [3.63, 3.8) is 0 Å². The van der Waals surface area contributed by atoms with E-state index in [-0.39, 0.29) is 12.6 Å². The summed E-state index contributed by atoms with van der Waals surface area (Å²) in [7, 11) is 0. The molecule has 0 N–H and O–H groups in total. The average Bonchev–Trinajstić information content (AvgIpc) is 2.56. The Kier molecular flexibility index (Phi) is 4.76. The molecule has 0 aromatic heterocycles. The van der Waals surface area contributed by atoms with E-state index >= 15 is 0 Å². The van der Waals surface area contributed by atoms with Gasteiger partial charge in [-0.3, -0.25) is 4.90 Å². The second kappa shape index (κ2) is 6.79. The molecule has 2 aromatic rings. The van der Waals surface area contributed by atoms with Gasteiger partial charge in [-0.15, -0.1) is 0 Å². The molecule has 2 atom stereocenters. The number of hydrogen-bond donors (Lipinski definition) is 0. The average molecular weight is 315 g/mol. The molecule has 1 aliphatic rings. The Morgan fingerprint density at radius 3 is 2.22 bits per heavy atom. The highest BCUT2D eigenvalue weighted by molar-refractivity contribution is 5.22. The SMILES string of the molecule is CCC1CC(c2ccccc2)N(Cc2ccccc2)CC1(F)F. The lowest BCUT2D eigenvalue weighted by Gasteiger charge is -2.44. The summed E-state index contributed by atoms with van der Waals surface area (Å²) < 4.78 is 28.9. The Morgan fingerprint density at radius 2 is 1.61 bits per heavy atom. The summed E-state index contributed by atoms with van der Waals surface area (Å²) in [5, 5.41) is 0. The number of piperidine rings is 1. The summed E-state index contributed by atoms with van der Waals surface area (Å²) >= 11 is 0. The van der Waals surface area contributed by atoms with Crippen LogP contribution in [0.4, 0.5) is 8.78 Å². The predicted octanol–water partition coefficient (Wildman–Crippen LogP) is 5.30. The van der Waals surface area contributed by atoms with Crippen molar-refractivity contribution in [3.8, 4) is 0 Å². The van der Waals surface area contributed by atoms with E-state index in [1.54, 1.807) is 0 Å². The molecule has 23 heavy (non-hydrogen) atoms. The van der Waals surface area contributed by atoms with Gasteiger partial charge in [-0.25, -0.2) is 8.78 Å². The van der Waals surface area contributed by atoms with Crippen LogP contribution in [0.25, 0.3) is 0 Å². The first kappa shape index (κ1) is 16.1. The number of rotatable bonds is 4. The van der Waals surface area contributed by atoms with Crippen LogP contribution in [0.3, 0.4) is 0 Å². The fourth-order valence-electron chi connectivity index (χ4n) is 3.57. The minimum Gasteiger partial charge on any atom is -0.286 e. The Hall–Kier alpha value is -1.74. The van der Waals surface area contributed by atoms with Gasteiger partial charge in [0.15, 0.2) is 0 Å². The summed E-state index contributed by atoms with van der Waals surface area (Å²) in [6, 6.07) is 20.0. The minimum absolute atomic E-state index is 0.0565. The summed E-state index contributed by atoms with van der Waals surface area (Å²) in [5.41, 5.74) is 2.22. The topological polar surface area (TPSA) is 3.24 Å². The smallest absolute Gasteiger partial charge is 0.263 e. The highest BCUT2D eigenvalue weighted by Gasteiger charge is 2.47. The van der Waals surface area contributed by atoms with Crippen LogP contribution < -0.4 is 0 Å². The molecule has 1 fully saturated rings. The van der Waals surface area contributed by atoms with Gasteiger partial charge in [-0.2, -0.15) is 0 Å². The normalized spacial score (nSPS) is 24.5. The molecule has 2 unspecified atom stereocenters. The largest absolute Gasteiger partial charge is 0.286 e. The van der Waals surface area contributed by atoms with Crippen LogP contribution in [0.5, 0.6) is 0 Å². The molecular weight excluding hydrogens is 292 g/mol. The van der Waals surface area contributed by atoms with Gasteiger partial charge in [0.25, 0.3) is 5.92 Å². The number of halogens is 2. The third-order valence-electron chi connectivity index (χ3n) is 4.87. The maximum absolute atomic E-state index is 14.5. The number of benzene rings is 2. The van der Waals surface area contributed by atoms with Gasteiger partial charge in [0, 0.05) is 18.5 Å². The van der Waals surface area contributed by atoms with Crippen LogP contribution in [0, 0.1) is 5.92 Å². The van der Waals surface area contributed by atoms with Crippen LogP contribution in [-0.2, 0) is 6.54 Å². The van der Waals surface area contributed by atoms with Crippen molar-refractivity contribution in [2.24, 2.45) is 5.92 Å². The van der Waals surface area contributed by atoms with Gasteiger partial charge in [-0.1, -0.05) is 67.6 Å². The lowest BCUT2D eigenvalue weighted by Crippen LogP contribution is -2.49. The predicted molar refractivity (Wildman–Crippen MR) is 89.4 cm³/mol. The lowest BCUT2D eigenvalue weighted by molar-refractivity contribution is -0.132. The monoisotopic (exact) mass is 315 g/mol. The quantitative estimate of drug-likeness (QED) is 0.740. The molecule has 122 valence electrons. The zero-order valence-electron chi connectivity index (χ0n) is 13.5. The van der Waals surface area contributed by atoms with Crippen LogP contribution in [0.15, 0.2) is 60.7 Å². The van der Waals surface area contributed by atoms with E-state index in [0.29, 0.717) is 19.4 Å². The Balaban J connectivity index is 1.89.